The molecule has 0 bridgehead atoms. The third kappa shape index (κ3) is 4.31. The molecule has 2 aromatic rings. The third-order valence-corrected chi connectivity index (χ3v) is 3.14. The second-order valence-corrected chi connectivity index (χ2v) is 4.77. The summed E-state index contributed by atoms with van der Waals surface area (Å²) in [5.41, 5.74) is 3.49. The van der Waals surface area contributed by atoms with Crippen molar-refractivity contribution in [2.75, 3.05) is 13.7 Å². The Morgan fingerprint density at radius 3 is 2.04 bits per heavy atom. The molecular formula is C17H18N2O4. The van der Waals surface area contributed by atoms with Crippen LogP contribution in [0.1, 0.15) is 17.5 Å². The molecule has 0 aromatic heterocycles. The third-order valence-electron chi connectivity index (χ3n) is 3.14. The number of hydrazone groups is 1. The Morgan fingerprint density at radius 1 is 1.04 bits per heavy atom. The summed E-state index contributed by atoms with van der Waals surface area (Å²) in [6.07, 6.45) is 0.162. The van der Waals surface area contributed by atoms with Crippen molar-refractivity contribution < 1.29 is 19.7 Å². The zero-order valence-corrected chi connectivity index (χ0v) is 12.7. The zero-order chi connectivity index (χ0) is 16.7. The van der Waals surface area contributed by atoms with Gasteiger partial charge in [0, 0.05) is 18.2 Å². The molecule has 23 heavy (non-hydrogen) atoms. The van der Waals surface area contributed by atoms with Crippen LogP contribution in [-0.2, 0) is 9.53 Å². The summed E-state index contributed by atoms with van der Waals surface area (Å²) in [7, 11) is 1.51. The average molecular weight is 314 g/mol. The van der Waals surface area contributed by atoms with Crippen LogP contribution in [0.2, 0.25) is 0 Å². The van der Waals surface area contributed by atoms with Crippen molar-refractivity contribution in [3.8, 4) is 11.5 Å². The van der Waals surface area contributed by atoms with Gasteiger partial charge in [-0.2, -0.15) is 5.10 Å². The maximum atomic E-state index is 11.7. The van der Waals surface area contributed by atoms with Crippen molar-refractivity contribution in [1.29, 1.82) is 0 Å². The summed E-state index contributed by atoms with van der Waals surface area (Å²) in [5.74, 6) is -0.323. The summed E-state index contributed by atoms with van der Waals surface area (Å²) in [4.78, 5) is 11.7. The Morgan fingerprint density at radius 2 is 1.57 bits per heavy atom. The fraction of sp³-hybridized carbons (Fsp3) is 0.176. The lowest BCUT2D eigenvalue weighted by Crippen LogP contribution is -2.21. The minimum absolute atomic E-state index is 0.000596. The molecule has 0 spiro atoms. The molecule has 0 unspecified atom stereocenters. The van der Waals surface area contributed by atoms with E-state index in [2.05, 4.69) is 10.5 Å². The van der Waals surface area contributed by atoms with E-state index in [9.17, 15) is 15.0 Å². The quantitative estimate of drug-likeness (QED) is 0.562. The maximum absolute atomic E-state index is 11.7. The summed E-state index contributed by atoms with van der Waals surface area (Å²) in [6, 6.07) is 13.2. The van der Waals surface area contributed by atoms with Gasteiger partial charge in [0.15, 0.2) is 0 Å². The SMILES string of the molecule is COCCC(=O)NN=C(c1ccccc1O)c1ccccc1O. The minimum atomic E-state index is -0.324. The lowest BCUT2D eigenvalue weighted by Gasteiger charge is -2.11. The number of nitrogens with zero attached hydrogens (tertiary/aromatic N) is 1. The number of ether oxygens (including phenoxy) is 1. The van der Waals surface area contributed by atoms with E-state index in [0.29, 0.717) is 11.1 Å². The molecule has 0 fully saturated rings. The van der Waals surface area contributed by atoms with Crippen molar-refractivity contribution >= 4 is 11.6 Å². The Labute approximate surface area is 134 Å². The predicted molar refractivity (Wildman–Crippen MR) is 86.5 cm³/mol. The number of hydrogen-bond donors (Lipinski definition) is 3. The number of carbonyl (C=O) groups is 1. The average Bonchev–Trinajstić information content (AvgIpc) is 2.56. The number of nitrogens with one attached hydrogen (secondary N) is 1. The number of rotatable bonds is 6. The number of benzene rings is 2. The molecule has 0 saturated heterocycles. The van der Waals surface area contributed by atoms with Crippen molar-refractivity contribution in [2.24, 2.45) is 5.10 Å². The Balaban J connectivity index is 2.39. The smallest absolute Gasteiger partial charge is 0.242 e. The van der Waals surface area contributed by atoms with Gasteiger partial charge in [-0.25, -0.2) is 5.43 Å². The summed E-state index contributed by atoms with van der Waals surface area (Å²) in [5, 5.41) is 24.2. The van der Waals surface area contributed by atoms with E-state index in [0.717, 1.165) is 0 Å². The molecule has 0 aliphatic heterocycles. The molecule has 1 amide bonds. The van der Waals surface area contributed by atoms with Crippen LogP contribution in [0.15, 0.2) is 53.6 Å². The van der Waals surface area contributed by atoms with Crippen LogP contribution in [-0.4, -0.2) is 35.5 Å². The molecular weight excluding hydrogens is 296 g/mol. The van der Waals surface area contributed by atoms with E-state index in [1.165, 1.54) is 19.2 Å². The standard InChI is InChI=1S/C17H18N2O4/c1-23-11-10-16(22)18-19-17(12-6-2-4-8-14(12)20)13-7-3-5-9-15(13)21/h2-9,20-21H,10-11H2,1H3,(H,18,22). The van der Waals surface area contributed by atoms with Gasteiger partial charge >= 0.3 is 0 Å². The lowest BCUT2D eigenvalue weighted by atomic mass is 10.0. The highest BCUT2D eigenvalue weighted by molar-refractivity contribution is 6.16. The van der Waals surface area contributed by atoms with Gasteiger partial charge in [-0.3, -0.25) is 4.79 Å². The van der Waals surface area contributed by atoms with Crippen LogP contribution in [0.5, 0.6) is 11.5 Å². The molecule has 2 rings (SSSR count). The number of aromatic hydroxyl groups is 2. The van der Waals surface area contributed by atoms with E-state index in [1.807, 2.05) is 0 Å². The fourth-order valence-electron chi connectivity index (χ4n) is 1.98. The number of carbonyl (C=O) groups excluding carboxylic acids is 1. The summed E-state index contributed by atoms with van der Waals surface area (Å²) >= 11 is 0. The van der Waals surface area contributed by atoms with E-state index >= 15 is 0 Å². The largest absolute Gasteiger partial charge is 0.507 e. The van der Waals surface area contributed by atoms with E-state index in [-0.39, 0.29) is 36.1 Å². The minimum Gasteiger partial charge on any atom is -0.507 e. The van der Waals surface area contributed by atoms with Crippen molar-refractivity contribution in [3.63, 3.8) is 0 Å². The highest BCUT2D eigenvalue weighted by Gasteiger charge is 2.15. The molecule has 6 heteroatoms. The normalized spacial score (nSPS) is 10.1. The number of hydrogen-bond acceptors (Lipinski definition) is 5. The Kier molecular flexibility index (Phi) is 5.71. The highest BCUT2D eigenvalue weighted by Crippen LogP contribution is 2.25. The van der Waals surface area contributed by atoms with E-state index in [1.54, 1.807) is 36.4 Å². The van der Waals surface area contributed by atoms with Crippen LogP contribution in [0.25, 0.3) is 0 Å². The fourth-order valence-corrected chi connectivity index (χ4v) is 1.98. The molecule has 0 aliphatic rings. The molecule has 3 N–H and O–H groups in total. The number of para-hydroxylation sites is 2. The first-order valence-corrected chi connectivity index (χ1v) is 7.05. The second kappa shape index (κ2) is 7.95. The highest BCUT2D eigenvalue weighted by atomic mass is 16.5. The van der Waals surface area contributed by atoms with Crippen LogP contribution in [0, 0.1) is 0 Å². The molecule has 0 radical (unpaired) electrons. The van der Waals surface area contributed by atoms with E-state index in [4.69, 9.17) is 4.74 Å². The second-order valence-electron chi connectivity index (χ2n) is 4.77. The molecule has 6 nitrogen and oxygen atoms in total. The van der Waals surface area contributed by atoms with Gasteiger partial charge in [0.05, 0.1) is 13.0 Å². The number of amides is 1. The first-order valence-electron chi connectivity index (χ1n) is 7.05. The van der Waals surface area contributed by atoms with Crippen LogP contribution in [0.4, 0.5) is 0 Å². The summed E-state index contributed by atoms with van der Waals surface area (Å²) in [6.45, 7) is 0.282. The number of phenols is 2. The van der Waals surface area contributed by atoms with Crippen LogP contribution >= 0.6 is 0 Å². The summed E-state index contributed by atoms with van der Waals surface area (Å²) < 4.78 is 4.84. The van der Waals surface area contributed by atoms with Gasteiger partial charge < -0.3 is 14.9 Å². The van der Waals surface area contributed by atoms with E-state index < -0.39 is 0 Å². The number of methoxy groups -OCH3 is 1. The molecule has 0 saturated carbocycles. The van der Waals surface area contributed by atoms with Gasteiger partial charge in [0.25, 0.3) is 0 Å². The Hall–Kier alpha value is -2.86. The predicted octanol–water partition coefficient (Wildman–Crippen LogP) is 2.00. The zero-order valence-electron chi connectivity index (χ0n) is 12.7. The first kappa shape index (κ1) is 16.5. The molecule has 2 aromatic carbocycles. The Bertz CT molecular complexity index is 666. The molecule has 120 valence electrons. The molecule has 0 aliphatic carbocycles. The van der Waals surface area contributed by atoms with Gasteiger partial charge in [-0.05, 0) is 24.3 Å². The number of phenolic OH excluding ortho intramolecular Hbond substituents is 2. The van der Waals surface area contributed by atoms with Crippen molar-refractivity contribution in [1.82, 2.24) is 5.43 Å². The first-order chi connectivity index (χ1) is 11.1. The van der Waals surface area contributed by atoms with Gasteiger partial charge in [0.1, 0.15) is 17.2 Å². The topological polar surface area (TPSA) is 91.2 Å². The maximum Gasteiger partial charge on any atom is 0.242 e. The van der Waals surface area contributed by atoms with Crippen molar-refractivity contribution in [2.45, 2.75) is 6.42 Å². The lowest BCUT2D eigenvalue weighted by molar-refractivity contribution is -0.121. The molecule has 0 heterocycles. The van der Waals surface area contributed by atoms with Crippen LogP contribution < -0.4 is 5.43 Å². The van der Waals surface area contributed by atoms with Crippen molar-refractivity contribution in [3.05, 3.63) is 59.7 Å². The monoisotopic (exact) mass is 314 g/mol. The van der Waals surface area contributed by atoms with Gasteiger partial charge in [0.2, 0.25) is 5.91 Å². The van der Waals surface area contributed by atoms with Gasteiger partial charge in [-0.1, -0.05) is 24.3 Å². The van der Waals surface area contributed by atoms with Crippen LogP contribution in [0.3, 0.4) is 0 Å². The molecule has 0 atom stereocenters. The van der Waals surface area contributed by atoms with Gasteiger partial charge in [-0.15, -0.1) is 0 Å².